The first-order valence-electron chi connectivity index (χ1n) is 11.8. The molecule has 1 N–H and O–H groups in total. The molecule has 2 aromatic carbocycles. The molecular weight excluding hydrogens is 388 g/mol. The number of rotatable bonds is 10. The molecule has 168 valence electrons. The smallest absolute Gasteiger partial charge is 0.308 e. The number of ether oxygens (including phenoxy) is 2. The highest BCUT2D eigenvalue weighted by Gasteiger charge is 2.37. The Labute approximate surface area is 186 Å². The lowest BCUT2D eigenvalue weighted by Gasteiger charge is -2.35. The predicted octanol–water partition coefficient (Wildman–Crippen LogP) is 6.25. The number of hydrogen-bond donors (Lipinski definition) is 1. The molecule has 0 amide bonds. The van der Waals surface area contributed by atoms with Crippen molar-refractivity contribution in [2.45, 2.75) is 70.8 Å². The van der Waals surface area contributed by atoms with Gasteiger partial charge in [-0.05, 0) is 67.3 Å². The van der Waals surface area contributed by atoms with Crippen molar-refractivity contribution in [3.8, 4) is 16.9 Å². The summed E-state index contributed by atoms with van der Waals surface area (Å²) in [5.41, 5.74) is 2.30. The third-order valence-corrected chi connectivity index (χ3v) is 6.26. The number of carbonyl (C=O) groups is 1. The Morgan fingerprint density at radius 1 is 0.903 bits per heavy atom. The van der Waals surface area contributed by atoms with Gasteiger partial charge in [-0.1, -0.05) is 63.1 Å². The van der Waals surface area contributed by atoms with Gasteiger partial charge in [-0.25, -0.2) is 0 Å². The molecule has 0 unspecified atom stereocenters. The van der Waals surface area contributed by atoms with Crippen LogP contribution < -0.4 is 4.74 Å². The summed E-state index contributed by atoms with van der Waals surface area (Å²) in [7, 11) is 0. The average Bonchev–Trinajstić information content (AvgIpc) is 2.80. The highest BCUT2D eigenvalue weighted by atomic mass is 16.5. The van der Waals surface area contributed by atoms with Gasteiger partial charge in [0.15, 0.2) is 0 Å². The Balaban J connectivity index is 1.57. The zero-order valence-corrected chi connectivity index (χ0v) is 18.9. The molecule has 1 aliphatic rings. The second kappa shape index (κ2) is 11.3. The Morgan fingerprint density at radius 2 is 1.45 bits per heavy atom. The van der Waals surface area contributed by atoms with Crippen LogP contribution in [0.1, 0.15) is 70.8 Å². The average molecular weight is 425 g/mol. The number of carbonyl (C=O) groups excluding carboxylic acids is 1. The molecule has 3 rings (SSSR count). The van der Waals surface area contributed by atoms with Crippen molar-refractivity contribution in [1.29, 1.82) is 0 Å². The van der Waals surface area contributed by atoms with Gasteiger partial charge in [-0.3, -0.25) is 4.79 Å². The van der Waals surface area contributed by atoms with Gasteiger partial charge in [0.1, 0.15) is 5.75 Å². The second-order valence-corrected chi connectivity index (χ2v) is 8.63. The van der Waals surface area contributed by atoms with E-state index in [0.717, 1.165) is 54.7 Å². The van der Waals surface area contributed by atoms with Crippen LogP contribution in [0.5, 0.6) is 5.75 Å². The number of esters is 1. The van der Waals surface area contributed by atoms with Crippen molar-refractivity contribution in [3.63, 3.8) is 0 Å². The normalized spacial score (nSPS) is 20.9. The van der Waals surface area contributed by atoms with Crippen LogP contribution >= 0.6 is 0 Å². The van der Waals surface area contributed by atoms with E-state index in [1.165, 1.54) is 0 Å². The van der Waals surface area contributed by atoms with Gasteiger partial charge >= 0.3 is 5.97 Å². The molecule has 0 aromatic heterocycles. The van der Waals surface area contributed by atoms with Crippen LogP contribution in [0.3, 0.4) is 0 Å². The third kappa shape index (κ3) is 6.33. The minimum atomic E-state index is -0.865. The number of aliphatic hydroxyl groups is 1. The Bertz CT molecular complexity index is 802. The van der Waals surface area contributed by atoms with Crippen LogP contribution in [0.25, 0.3) is 11.1 Å². The quantitative estimate of drug-likeness (QED) is 0.362. The molecule has 31 heavy (non-hydrogen) atoms. The minimum Gasteiger partial charge on any atom is -0.494 e. The topological polar surface area (TPSA) is 55.8 Å². The summed E-state index contributed by atoms with van der Waals surface area (Å²) < 4.78 is 11.1. The first-order chi connectivity index (χ1) is 15.1. The SMILES string of the molecule is CCCCOC(=O)C1CCC(O)(c2ccc(-c3ccc(OCCCC)cc3)cc2)CC1. The van der Waals surface area contributed by atoms with Crippen LogP contribution in [-0.4, -0.2) is 24.3 Å². The van der Waals surface area contributed by atoms with Crippen molar-refractivity contribution in [2.75, 3.05) is 13.2 Å². The van der Waals surface area contributed by atoms with E-state index in [0.29, 0.717) is 32.3 Å². The highest BCUT2D eigenvalue weighted by molar-refractivity contribution is 5.72. The summed E-state index contributed by atoms with van der Waals surface area (Å²) in [5.74, 6) is 0.704. The summed E-state index contributed by atoms with van der Waals surface area (Å²) in [4.78, 5) is 12.2. The van der Waals surface area contributed by atoms with Gasteiger partial charge in [0.05, 0.1) is 24.7 Å². The molecule has 1 aliphatic carbocycles. The molecule has 4 nitrogen and oxygen atoms in total. The Morgan fingerprint density at radius 3 is 2.03 bits per heavy atom. The van der Waals surface area contributed by atoms with E-state index >= 15 is 0 Å². The maximum Gasteiger partial charge on any atom is 0.308 e. The molecule has 0 bridgehead atoms. The Hall–Kier alpha value is -2.33. The van der Waals surface area contributed by atoms with Gasteiger partial charge in [0, 0.05) is 0 Å². The molecular formula is C27H36O4. The van der Waals surface area contributed by atoms with Crippen LogP contribution in [0, 0.1) is 5.92 Å². The molecule has 0 saturated heterocycles. The fourth-order valence-corrected chi connectivity index (χ4v) is 4.11. The fourth-order valence-electron chi connectivity index (χ4n) is 4.11. The molecule has 0 atom stereocenters. The summed E-state index contributed by atoms with van der Waals surface area (Å²) in [5, 5.41) is 11.2. The molecule has 0 spiro atoms. The number of hydrogen-bond acceptors (Lipinski definition) is 4. The lowest BCUT2D eigenvalue weighted by Crippen LogP contribution is -2.34. The van der Waals surface area contributed by atoms with E-state index in [4.69, 9.17) is 9.47 Å². The fraction of sp³-hybridized carbons (Fsp3) is 0.519. The summed E-state index contributed by atoms with van der Waals surface area (Å²) in [6, 6.07) is 16.3. The summed E-state index contributed by atoms with van der Waals surface area (Å²) >= 11 is 0. The van der Waals surface area contributed by atoms with Crippen LogP contribution in [0.2, 0.25) is 0 Å². The maximum atomic E-state index is 12.2. The van der Waals surface area contributed by atoms with E-state index in [-0.39, 0.29) is 11.9 Å². The maximum absolute atomic E-state index is 12.2. The van der Waals surface area contributed by atoms with Gasteiger partial charge in [0.2, 0.25) is 0 Å². The molecule has 1 saturated carbocycles. The zero-order chi connectivity index (χ0) is 22.1. The van der Waals surface area contributed by atoms with Crippen LogP contribution in [0.15, 0.2) is 48.5 Å². The monoisotopic (exact) mass is 424 g/mol. The minimum absolute atomic E-state index is 0.0885. The van der Waals surface area contributed by atoms with E-state index in [1.807, 2.05) is 24.3 Å². The van der Waals surface area contributed by atoms with Crippen molar-refractivity contribution in [2.24, 2.45) is 5.92 Å². The number of unbranched alkanes of at least 4 members (excludes halogenated alkanes) is 2. The molecule has 1 fully saturated rings. The van der Waals surface area contributed by atoms with Gasteiger partial charge in [-0.15, -0.1) is 0 Å². The molecule has 0 heterocycles. The van der Waals surface area contributed by atoms with Gasteiger partial charge in [-0.2, -0.15) is 0 Å². The zero-order valence-electron chi connectivity index (χ0n) is 18.9. The second-order valence-electron chi connectivity index (χ2n) is 8.63. The highest BCUT2D eigenvalue weighted by Crippen LogP contribution is 2.40. The molecule has 0 radical (unpaired) electrons. The van der Waals surface area contributed by atoms with E-state index in [1.54, 1.807) is 0 Å². The van der Waals surface area contributed by atoms with Crippen LogP contribution in [-0.2, 0) is 15.1 Å². The van der Waals surface area contributed by atoms with E-state index in [2.05, 4.69) is 38.1 Å². The molecule has 2 aromatic rings. The first kappa shape index (κ1) is 23.3. The van der Waals surface area contributed by atoms with E-state index in [9.17, 15) is 9.90 Å². The first-order valence-corrected chi connectivity index (χ1v) is 11.8. The largest absolute Gasteiger partial charge is 0.494 e. The lowest BCUT2D eigenvalue weighted by atomic mass is 9.75. The lowest BCUT2D eigenvalue weighted by molar-refractivity contribution is -0.151. The van der Waals surface area contributed by atoms with E-state index < -0.39 is 5.60 Å². The Kier molecular flexibility index (Phi) is 8.53. The summed E-state index contributed by atoms with van der Waals surface area (Å²) in [6.45, 7) is 5.49. The van der Waals surface area contributed by atoms with Crippen LogP contribution in [0.4, 0.5) is 0 Å². The number of benzene rings is 2. The predicted molar refractivity (Wildman–Crippen MR) is 124 cm³/mol. The molecule has 4 heteroatoms. The standard InChI is InChI=1S/C27H36O4/c1-3-5-19-30-25-13-9-22(10-14-25)21-7-11-24(12-8-21)27(29)17-15-23(16-18-27)26(28)31-20-6-4-2/h7-14,23,29H,3-6,15-20H2,1-2H3. The van der Waals surface area contributed by atoms with Gasteiger partial charge in [0.25, 0.3) is 0 Å². The van der Waals surface area contributed by atoms with Crippen molar-refractivity contribution < 1.29 is 19.4 Å². The molecule has 0 aliphatic heterocycles. The van der Waals surface area contributed by atoms with Crippen molar-refractivity contribution in [3.05, 3.63) is 54.1 Å². The third-order valence-electron chi connectivity index (χ3n) is 6.26. The van der Waals surface area contributed by atoms with Gasteiger partial charge < -0.3 is 14.6 Å². The van der Waals surface area contributed by atoms with Crippen molar-refractivity contribution in [1.82, 2.24) is 0 Å². The summed E-state index contributed by atoms with van der Waals surface area (Å²) in [6.07, 6.45) is 6.63. The van der Waals surface area contributed by atoms with Crippen molar-refractivity contribution >= 4 is 5.97 Å².